The van der Waals surface area contributed by atoms with Gasteiger partial charge in [-0.1, -0.05) is 31.0 Å². The predicted molar refractivity (Wildman–Crippen MR) is 167 cm³/mol. The lowest BCUT2D eigenvalue weighted by Crippen LogP contribution is -2.45. The first-order valence-electron chi connectivity index (χ1n) is 15.0. The van der Waals surface area contributed by atoms with Gasteiger partial charge in [0.15, 0.2) is 17.2 Å². The van der Waals surface area contributed by atoms with Crippen molar-refractivity contribution in [3.05, 3.63) is 29.8 Å². The number of rotatable bonds is 10. The molecule has 2 aliphatic rings. The zero-order valence-electron chi connectivity index (χ0n) is 26.1. The molecule has 0 bridgehead atoms. The molecular weight excluding hydrogens is 628 g/mol. The molecule has 0 atom stereocenters. The maximum Gasteiger partial charge on any atom is 0.393 e. The first kappa shape index (κ1) is 31.9. The summed E-state index contributed by atoms with van der Waals surface area (Å²) in [5, 5.41) is 10.3. The number of thiazole rings is 1. The molecule has 16 heteroatoms. The van der Waals surface area contributed by atoms with Crippen molar-refractivity contribution in [2.24, 2.45) is 0 Å². The van der Waals surface area contributed by atoms with Crippen LogP contribution in [0.25, 0.3) is 27.6 Å². The number of hydrogen-bond acceptors (Lipinski definition) is 10. The van der Waals surface area contributed by atoms with Crippen LogP contribution in [-0.2, 0) is 27.4 Å². The Kier molecular flexibility index (Phi) is 8.71. The zero-order chi connectivity index (χ0) is 32.0. The third-order valence-electron chi connectivity index (χ3n) is 8.07. The van der Waals surface area contributed by atoms with Gasteiger partial charge in [0.25, 0.3) is 0 Å². The van der Waals surface area contributed by atoms with Gasteiger partial charge in [-0.15, -0.1) is 0 Å². The molecule has 6 rings (SSSR count). The number of nitrogens with zero attached hydrogens (tertiary/aromatic N) is 7. The number of fused-ring (bicyclic) bond motifs is 1. The van der Waals surface area contributed by atoms with Crippen LogP contribution in [0.1, 0.15) is 24.1 Å². The molecule has 45 heavy (non-hydrogen) atoms. The Morgan fingerprint density at radius 1 is 1.13 bits per heavy atom. The Balaban J connectivity index is 1.42. The van der Waals surface area contributed by atoms with Crippen molar-refractivity contribution < 1.29 is 32.1 Å². The molecule has 2 fully saturated rings. The van der Waals surface area contributed by atoms with Crippen molar-refractivity contribution >= 4 is 30.1 Å². The van der Waals surface area contributed by atoms with Gasteiger partial charge in [0.2, 0.25) is 0 Å². The molecule has 0 aliphatic carbocycles. The van der Waals surface area contributed by atoms with Gasteiger partial charge in [-0.05, 0) is 19.0 Å². The number of anilines is 1. The van der Waals surface area contributed by atoms with Crippen molar-refractivity contribution in [3.63, 3.8) is 0 Å². The molecule has 4 aromatic heterocycles. The first-order valence-corrected chi connectivity index (χ1v) is 19.5. The Hall–Kier alpha value is -3.05. The Bertz CT molecular complexity index is 1650. The van der Waals surface area contributed by atoms with Gasteiger partial charge >= 0.3 is 6.18 Å². The number of piperidine rings is 1. The summed E-state index contributed by atoms with van der Waals surface area (Å²) >= 11 is 1.35. The number of methoxy groups -OCH3 is 1. The molecule has 0 amide bonds. The van der Waals surface area contributed by atoms with Gasteiger partial charge < -0.3 is 23.8 Å². The highest BCUT2D eigenvalue weighted by atomic mass is 32.1. The Morgan fingerprint density at radius 2 is 1.87 bits per heavy atom. The molecule has 4 aromatic rings. The highest BCUT2D eigenvalue weighted by Crippen LogP contribution is 2.43. The normalized spacial score (nSPS) is 17.2. The molecule has 0 unspecified atom stereocenters. The van der Waals surface area contributed by atoms with E-state index >= 15 is 0 Å². The lowest BCUT2D eigenvalue weighted by atomic mass is 10.0. The average molecular weight is 666 g/mol. The van der Waals surface area contributed by atoms with Crippen molar-refractivity contribution in [1.82, 2.24) is 29.4 Å². The SMILES string of the molecule is COc1cc(-c2c(CC(F)(F)F)c(-c3nc(C)c(N4CCC5(CC4)OCCO5)s3)nn2COCC[Si](C)(C)C)cn2ncnc12. The van der Waals surface area contributed by atoms with Gasteiger partial charge in [-0.25, -0.2) is 19.2 Å². The van der Waals surface area contributed by atoms with Crippen LogP contribution in [0, 0.1) is 6.92 Å². The van der Waals surface area contributed by atoms with Gasteiger partial charge in [0.1, 0.15) is 28.8 Å². The summed E-state index contributed by atoms with van der Waals surface area (Å²) in [6, 6.07) is 2.57. The molecule has 244 valence electrons. The monoisotopic (exact) mass is 665 g/mol. The van der Waals surface area contributed by atoms with Crippen LogP contribution in [-0.4, -0.2) is 89.4 Å². The van der Waals surface area contributed by atoms with Crippen LogP contribution >= 0.6 is 11.3 Å². The summed E-state index contributed by atoms with van der Waals surface area (Å²) in [4.78, 5) is 11.2. The maximum absolute atomic E-state index is 14.3. The molecule has 2 saturated heterocycles. The standard InChI is InChI=1S/C29H38F3N7O4SSi/c1-19-27(37-8-6-28(7-9-37)42-10-11-43-28)44-26(35-19)23-21(15-29(30,31)32)24(39(36-23)18-41-12-13-45(3,4)5)20-14-22(40-2)25-33-17-34-38(25)16-20/h14,16-17H,6-13,15,18H2,1-5H3. The average Bonchev–Trinajstić information content (AvgIpc) is 3.77. The second-order valence-corrected chi connectivity index (χ2v) is 19.2. The Morgan fingerprint density at radius 3 is 2.53 bits per heavy atom. The molecule has 0 saturated carbocycles. The number of hydrogen-bond donors (Lipinski definition) is 0. The van der Waals surface area contributed by atoms with E-state index in [-0.39, 0.29) is 23.7 Å². The predicted octanol–water partition coefficient (Wildman–Crippen LogP) is 5.79. The highest BCUT2D eigenvalue weighted by Gasteiger charge is 2.41. The summed E-state index contributed by atoms with van der Waals surface area (Å²) in [5.41, 5.74) is 2.12. The van der Waals surface area contributed by atoms with Crippen molar-refractivity contribution in [2.45, 2.75) is 70.6 Å². The minimum Gasteiger partial charge on any atom is -0.493 e. The van der Waals surface area contributed by atoms with E-state index in [0.717, 1.165) is 16.7 Å². The summed E-state index contributed by atoms with van der Waals surface area (Å²) in [6.45, 7) is 11.6. The summed E-state index contributed by atoms with van der Waals surface area (Å²) in [6.07, 6.45) is -1.28. The largest absolute Gasteiger partial charge is 0.493 e. The van der Waals surface area contributed by atoms with Crippen LogP contribution < -0.4 is 9.64 Å². The van der Waals surface area contributed by atoms with Crippen LogP contribution in [0.3, 0.4) is 0 Å². The molecule has 0 radical (unpaired) electrons. The van der Waals surface area contributed by atoms with Gasteiger partial charge in [-0.3, -0.25) is 0 Å². The van der Waals surface area contributed by atoms with Gasteiger partial charge in [-0.2, -0.15) is 23.4 Å². The molecule has 1 spiro atoms. The van der Waals surface area contributed by atoms with E-state index in [1.807, 2.05) is 6.92 Å². The van der Waals surface area contributed by atoms with E-state index in [0.29, 0.717) is 67.7 Å². The molecular formula is C29H38F3N7O4SSi. The van der Waals surface area contributed by atoms with Crippen molar-refractivity contribution in [3.8, 4) is 27.7 Å². The lowest BCUT2D eigenvalue weighted by molar-refractivity contribution is -0.169. The fraction of sp³-hybridized carbons (Fsp3) is 0.586. The second kappa shape index (κ2) is 12.3. The fourth-order valence-corrected chi connectivity index (χ4v) is 7.67. The number of aromatic nitrogens is 6. The van der Waals surface area contributed by atoms with Gasteiger partial charge in [0.05, 0.1) is 38.1 Å². The molecule has 2 aliphatic heterocycles. The lowest BCUT2D eigenvalue weighted by Gasteiger charge is -2.38. The number of pyridine rings is 1. The number of alkyl halides is 3. The summed E-state index contributed by atoms with van der Waals surface area (Å²) in [7, 11) is 0.0897. The fourth-order valence-electron chi connectivity index (χ4n) is 5.78. The third kappa shape index (κ3) is 6.89. The number of halogens is 3. The number of ether oxygens (including phenoxy) is 4. The number of aryl methyl sites for hydroxylation is 1. The van der Waals surface area contributed by atoms with Crippen LogP contribution in [0.4, 0.5) is 18.2 Å². The van der Waals surface area contributed by atoms with E-state index in [1.54, 1.807) is 12.3 Å². The molecule has 0 aromatic carbocycles. The topological polar surface area (TPSA) is 101 Å². The molecule has 11 nitrogen and oxygen atoms in total. The summed E-state index contributed by atoms with van der Waals surface area (Å²) in [5.74, 6) is -0.157. The van der Waals surface area contributed by atoms with Crippen molar-refractivity contribution in [2.75, 3.05) is 44.9 Å². The quantitative estimate of drug-likeness (QED) is 0.154. The summed E-state index contributed by atoms with van der Waals surface area (Å²) < 4.78 is 69.2. The van der Waals surface area contributed by atoms with E-state index in [4.69, 9.17) is 29.0 Å². The highest BCUT2D eigenvalue weighted by molar-refractivity contribution is 7.19. The molecule has 6 heterocycles. The maximum atomic E-state index is 14.3. The minimum absolute atomic E-state index is 0.0171. The molecule has 0 N–H and O–H groups in total. The second-order valence-electron chi connectivity index (χ2n) is 12.6. The van der Waals surface area contributed by atoms with E-state index in [2.05, 4.69) is 34.6 Å². The van der Waals surface area contributed by atoms with E-state index in [1.165, 1.54) is 34.0 Å². The van der Waals surface area contributed by atoms with Gasteiger partial charge in [0, 0.05) is 57.9 Å². The first-order chi connectivity index (χ1) is 21.3. The third-order valence-corrected chi connectivity index (χ3v) is 11.0. The zero-order valence-corrected chi connectivity index (χ0v) is 27.9. The van der Waals surface area contributed by atoms with Crippen LogP contribution in [0.15, 0.2) is 18.6 Å². The van der Waals surface area contributed by atoms with Crippen LogP contribution in [0.2, 0.25) is 25.7 Å². The van der Waals surface area contributed by atoms with Crippen LogP contribution in [0.5, 0.6) is 5.75 Å². The van der Waals surface area contributed by atoms with E-state index < -0.39 is 26.5 Å². The minimum atomic E-state index is -4.50. The Labute approximate surface area is 264 Å². The van der Waals surface area contributed by atoms with Crippen molar-refractivity contribution in [1.29, 1.82) is 0 Å². The van der Waals surface area contributed by atoms with E-state index in [9.17, 15) is 13.2 Å². The smallest absolute Gasteiger partial charge is 0.393 e.